The molecule has 2 aromatic carbocycles. The van der Waals surface area contributed by atoms with Crippen LogP contribution in [-0.2, 0) is 11.2 Å². The number of benzene rings is 2. The van der Waals surface area contributed by atoms with Gasteiger partial charge in [-0.1, -0.05) is 30.3 Å². The van der Waals surface area contributed by atoms with E-state index in [4.69, 9.17) is 0 Å². The summed E-state index contributed by atoms with van der Waals surface area (Å²) in [5.41, 5.74) is 6.46. The van der Waals surface area contributed by atoms with E-state index in [1.54, 1.807) is 6.92 Å². The number of aromatic amines is 1. The van der Waals surface area contributed by atoms with E-state index in [2.05, 4.69) is 27.2 Å². The van der Waals surface area contributed by atoms with E-state index in [0.29, 0.717) is 16.8 Å². The first-order valence-corrected chi connectivity index (χ1v) is 10.2. The molecule has 3 aromatic rings. The Morgan fingerprint density at radius 2 is 1.79 bits per heavy atom. The average Bonchev–Trinajstić information content (AvgIpc) is 3.29. The van der Waals surface area contributed by atoms with E-state index >= 15 is 0 Å². The minimum atomic E-state index is -0.0456. The zero-order chi connectivity index (χ0) is 20.0. The third-order valence-corrected chi connectivity index (χ3v) is 5.94. The minimum absolute atomic E-state index is 0.0456. The molecule has 0 amide bonds. The van der Waals surface area contributed by atoms with Crippen LogP contribution in [0.3, 0.4) is 0 Å². The van der Waals surface area contributed by atoms with Crippen LogP contribution in [0.15, 0.2) is 42.5 Å². The maximum absolute atomic E-state index is 13.3. The molecule has 0 spiro atoms. The summed E-state index contributed by atoms with van der Waals surface area (Å²) in [4.78, 5) is 27.3. The Labute approximate surface area is 169 Å². The van der Waals surface area contributed by atoms with E-state index in [9.17, 15) is 9.59 Å². The first kappa shape index (κ1) is 17.9. The molecule has 2 aliphatic rings. The Balaban J connectivity index is 1.51. The number of aromatic nitrogens is 2. The average molecular weight is 385 g/mol. The maximum atomic E-state index is 13.3. The zero-order valence-corrected chi connectivity index (χ0v) is 16.5. The molecule has 0 saturated carbocycles. The number of nitrogens with zero attached hydrogens (tertiary/aromatic N) is 2. The van der Waals surface area contributed by atoms with Gasteiger partial charge >= 0.3 is 0 Å². The molecule has 0 bridgehead atoms. The Bertz CT molecular complexity index is 1110. The molecule has 5 nitrogen and oxygen atoms in total. The van der Waals surface area contributed by atoms with E-state index in [1.165, 1.54) is 24.9 Å². The van der Waals surface area contributed by atoms with Gasteiger partial charge in [0.2, 0.25) is 0 Å². The Kier molecular flexibility index (Phi) is 4.31. The summed E-state index contributed by atoms with van der Waals surface area (Å²) in [6, 6.07) is 14.0. The van der Waals surface area contributed by atoms with E-state index in [-0.39, 0.29) is 18.0 Å². The second-order valence-electron chi connectivity index (χ2n) is 7.96. The number of hydrogen-bond acceptors (Lipinski definition) is 4. The van der Waals surface area contributed by atoms with Crippen molar-refractivity contribution in [1.29, 1.82) is 0 Å². The third kappa shape index (κ3) is 2.97. The Morgan fingerprint density at radius 3 is 2.52 bits per heavy atom. The molecule has 1 aromatic heterocycles. The molecule has 2 heterocycles. The molecule has 0 atom stereocenters. The van der Waals surface area contributed by atoms with E-state index < -0.39 is 0 Å². The summed E-state index contributed by atoms with van der Waals surface area (Å²) in [6.07, 6.45) is 4.06. The Morgan fingerprint density at radius 1 is 1.03 bits per heavy atom. The van der Waals surface area contributed by atoms with E-state index in [1.807, 2.05) is 30.3 Å². The van der Waals surface area contributed by atoms with Crippen molar-refractivity contribution in [3.63, 3.8) is 0 Å². The van der Waals surface area contributed by atoms with Gasteiger partial charge in [-0.3, -0.25) is 14.7 Å². The van der Waals surface area contributed by atoms with Gasteiger partial charge in [0.25, 0.3) is 0 Å². The number of hydrogen-bond donors (Lipinski definition) is 1. The SMILES string of the molecule is CC(=O)Cc1cccc2c1C(=O)c1c(-c3ccc(N4CCCCC4)cc3)n[nH]c1-2. The molecule has 146 valence electrons. The fraction of sp³-hybridized carbons (Fsp3) is 0.292. The zero-order valence-electron chi connectivity index (χ0n) is 16.5. The minimum Gasteiger partial charge on any atom is -0.372 e. The third-order valence-electron chi connectivity index (χ3n) is 5.94. The molecule has 5 rings (SSSR count). The van der Waals surface area contributed by atoms with Crippen LogP contribution in [0.2, 0.25) is 0 Å². The molecule has 1 fully saturated rings. The number of rotatable bonds is 4. The smallest absolute Gasteiger partial charge is 0.198 e. The number of nitrogens with one attached hydrogen (secondary N) is 1. The molecule has 5 heteroatoms. The number of piperidine rings is 1. The van der Waals surface area contributed by atoms with Gasteiger partial charge in [0.05, 0.1) is 11.3 Å². The second-order valence-corrected chi connectivity index (χ2v) is 7.96. The first-order valence-electron chi connectivity index (χ1n) is 10.2. The summed E-state index contributed by atoms with van der Waals surface area (Å²) in [5.74, 6) is 0.00381. The molecule has 1 aliphatic carbocycles. The lowest BCUT2D eigenvalue weighted by atomic mass is 9.97. The summed E-state index contributed by atoms with van der Waals surface area (Å²) in [6.45, 7) is 3.75. The maximum Gasteiger partial charge on any atom is 0.198 e. The number of H-pyrrole nitrogens is 1. The van der Waals surface area contributed by atoms with Crippen molar-refractivity contribution >= 4 is 17.3 Å². The second kappa shape index (κ2) is 6.99. The molecule has 1 aliphatic heterocycles. The summed E-state index contributed by atoms with van der Waals surface area (Å²) >= 11 is 0. The highest BCUT2D eigenvalue weighted by atomic mass is 16.1. The van der Waals surface area contributed by atoms with Gasteiger partial charge < -0.3 is 4.90 Å². The van der Waals surface area contributed by atoms with Crippen LogP contribution in [0.1, 0.15) is 47.7 Å². The number of carbonyl (C=O) groups is 2. The summed E-state index contributed by atoms with van der Waals surface area (Å²) in [7, 11) is 0. The highest BCUT2D eigenvalue weighted by molar-refractivity contribution is 6.24. The molecule has 0 radical (unpaired) electrons. The molecule has 1 saturated heterocycles. The number of anilines is 1. The van der Waals surface area contributed by atoms with Crippen LogP contribution in [0.5, 0.6) is 0 Å². The molecule has 29 heavy (non-hydrogen) atoms. The van der Waals surface area contributed by atoms with Crippen molar-refractivity contribution in [3.8, 4) is 22.5 Å². The predicted octanol–water partition coefficient (Wildman–Crippen LogP) is 4.41. The van der Waals surface area contributed by atoms with Gasteiger partial charge in [-0.25, -0.2) is 0 Å². The summed E-state index contributed by atoms with van der Waals surface area (Å²) in [5, 5.41) is 7.53. The van der Waals surface area contributed by atoms with Crippen molar-refractivity contribution in [2.24, 2.45) is 0 Å². The van der Waals surface area contributed by atoms with Crippen molar-refractivity contribution in [1.82, 2.24) is 10.2 Å². The van der Waals surface area contributed by atoms with Crippen LogP contribution < -0.4 is 4.90 Å². The van der Waals surface area contributed by atoms with Gasteiger partial charge in [-0.05, 0) is 43.9 Å². The fourth-order valence-corrected chi connectivity index (χ4v) is 4.57. The van der Waals surface area contributed by atoms with Gasteiger partial charge in [0.1, 0.15) is 11.5 Å². The standard InChI is InChI=1S/C24H23N3O2/c1-15(28)14-17-6-5-7-19-20(17)24(29)21-22(25-26-23(19)21)16-8-10-18(11-9-16)27-12-3-2-4-13-27/h5-11H,2-4,12-14H2,1H3,(H,25,26). The highest BCUT2D eigenvalue weighted by Gasteiger charge is 2.34. The number of Topliss-reactive ketones (excluding diaryl/α,β-unsaturated/α-hetero) is 1. The van der Waals surface area contributed by atoms with Crippen LogP contribution in [0, 0.1) is 0 Å². The van der Waals surface area contributed by atoms with Crippen LogP contribution in [-0.4, -0.2) is 34.9 Å². The molecule has 0 unspecified atom stereocenters. The van der Waals surface area contributed by atoms with E-state index in [0.717, 1.165) is 35.5 Å². The normalized spacial score (nSPS) is 15.3. The topological polar surface area (TPSA) is 66.1 Å². The highest BCUT2D eigenvalue weighted by Crippen LogP contribution is 2.41. The van der Waals surface area contributed by atoms with Crippen molar-refractivity contribution in [2.45, 2.75) is 32.6 Å². The molecule has 1 N–H and O–H groups in total. The van der Waals surface area contributed by atoms with Crippen molar-refractivity contribution in [2.75, 3.05) is 18.0 Å². The van der Waals surface area contributed by atoms with Gasteiger partial charge in [-0.15, -0.1) is 0 Å². The van der Waals surface area contributed by atoms with Gasteiger partial charge in [-0.2, -0.15) is 5.10 Å². The van der Waals surface area contributed by atoms with Crippen LogP contribution >= 0.6 is 0 Å². The first-order chi connectivity index (χ1) is 14.1. The number of ketones is 2. The van der Waals surface area contributed by atoms with Crippen molar-refractivity contribution in [3.05, 3.63) is 59.2 Å². The quantitative estimate of drug-likeness (QED) is 0.565. The molecular formula is C24H23N3O2. The lowest BCUT2D eigenvalue weighted by molar-refractivity contribution is -0.116. The molecular weight excluding hydrogens is 362 g/mol. The van der Waals surface area contributed by atoms with Crippen molar-refractivity contribution < 1.29 is 9.59 Å². The monoisotopic (exact) mass is 385 g/mol. The van der Waals surface area contributed by atoms with Crippen LogP contribution in [0.4, 0.5) is 5.69 Å². The van der Waals surface area contributed by atoms with Gasteiger partial charge in [0.15, 0.2) is 5.78 Å². The largest absolute Gasteiger partial charge is 0.372 e. The predicted molar refractivity (Wildman–Crippen MR) is 113 cm³/mol. The fourth-order valence-electron chi connectivity index (χ4n) is 4.57. The lowest BCUT2D eigenvalue weighted by Crippen LogP contribution is -2.29. The number of carbonyl (C=O) groups excluding carboxylic acids is 2. The van der Waals surface area contributed by atoms with Crippen LogP contribution in [0.25, 0.3) is 22.5 Å². The Hall–Kier alpha value is -3.21. The van der Waals surface area contributed by atoms with Gasteiger partial charge in [0, 0.05) is 41.9 Å². The lowest BCUT2D eigenvalue weighted by Gasteiger charge is -2.28. The summed E-state index contributed by atoms with van der Waals surface area (Å²) < 4.78 is 0. The number of fused-ring (bicyclic) bond motifs is 3.